The Kier molecular flexibility index (Phi) is 6.04. The minimum absolute atomic E-state index is 0.131. The van der Waals surface area contributed by atoms with E-state index in [2.05, 4.69) is 11.1 Å². The Balaban J connectivity index is 1.78. The Morgan fingerprint density at radius 1 is 1.03 bits per heavy atom. The number of hydrogen-bond acceptors (Lipinski definition) is 6. The van der Waals surface area contributed by atoms with E-state index in [1.807, 2.05) is 48.5 Å². The third kappa shape index (κ3) is 3.77. The summed E-state index contributed by atoms with van der Waals surface area (Å²) in [7, 11) is 3.17. The monoisotopic (exact) mass is 447 g/mol. The molecule has 4 rings (SSSR count). The normalized spacial score (nSPS) is 17.2. The van der Waals surface area contributed by atoms with E-state index in [1.54, 1.807) is 37.3 Å². The van der Waals surface area contributed by atoms with Crippen LogP contribution in [0.5, 0.6) is 11.5 Å². The molecule has 1 heterocycles. The lowest BCUT2D eigenvalue weighted by atomic mass is 9.89. The maximum atomic E-state index is 12.1. The van der Waals surface area contributed by atoms with Gasteiger partial charge < -0.3 is 19.5 Å². The number of aliphatic imine (C=N–C) groups is 1. The van der Waals surface area contributed by atoms with Crippen LogP contribution in [0.25, 0.3) is 0 Å². The minimum atomic E-state index is -1.61. The lowest BCUT2D eigenvalue weighted by Crippen LogP contribution is -2.52. The quantitative estimate of drug-likeness (QED) is 0.594. The van der Waals surface area contributed by atoms with E-state index in [0.29, 0.717) is 46.3 Å². The average molecular weight is 448 g/mol. The third-order valence-electron chi connectivity index (χ3n) is 5.56. The fourth-order valence-corrected chi connectivity index (χ4v) is 4.14. The molecule has 1 N–H and O–H groups in total. The fourth-order valence-electron chi connectivity index (χ4n) is 3.97. The predicted octanol–water partition coefficient (Wildman–Crippen LogP) is 4.66. The number of fused-ring (bicyclic) bond motifs is 1. The van der Waals surface area contributed by atoms with Gasteiger partial charge in [0.2, 0.25) is 5.84 Å². The van der Waals surface area contributed by atoms with E-state index in [4.69, 9.17) is 21.1 Å². The summed E-state index contributed by atoms with van der Waals surface area (Å²) in [6, 6.07) is 22.1. The molecule has 1 aliphatic heterocycles. The van der Waals surface area contributed by atoms with Crippen molar-refractivity contribution in [2.24, 2.45) is 4.99 Å². The first-order valence-corrected chi connectivity index (χ1v) is 10.4. The number of amidine groups is 1. The van der Waals surface area contributed by atoms with Crippen molar-refractivity contribution >= 4 is 23.1 Å². The molecule has 3 aromatic rings. The summed E-state index contributed by atoms with van der Waals surface area (Å²) >= 11 is 6.28. The van der Waals surface area contributed by atoms with E-state index >= 15 is 0 Å². The highest BCUT2D eigenvalue weighted by molar-refractivity contribution is 6.30. The van der Waals surface area contributed by atoms with Crippen LogP contribution in [0.15, 0.2) is 71.7 Å². The fraction of sp³-hybridized carbons (Fsp3) is 0.200. The van der Waals surface area contributed by atoms with Gasteiger partial charge >= 0.3 is 0 Å². The van der Waals surface area contributed by atoms with Crippen molar-refractivity contribution in [2.75, 3.05) is 20.8 Å². The molecule has 1 aliphatic rings. The van der Waals surface area contributed by atoms with Gasteiger partial charge in [-0.2, -0.15) is 5.26 Å². The van der Waals surface area contributed by atoms with Crippen LogP contribution in [-0.2, 0) is 12.1 Å². The molecule has 0 bridgehead atoms. The molecule has 0 spiro atoms. The molecule has 6 nitrogen and oxygen atoms in total. The summed E-state index contributed by atoms with van der Waals surface area (Å²) < 4.78 is 10.7. The first-order chi connectivity index (χ1) is 15.5. The highest BCUT2D eigenvalue weighted by atomic mass is 35.5. The first-order valence-electron chi connectivity index (χ1n) is 10.1. The van der Waals surface area contributed by atoms with Crippen LogP contribution in [0.3, 0.4) is 0 Å². The largest absolute Gasteiger partial charge is 0.493 e. The smallest absolute Gasteiger partial charge is 0.211 e. The van der Waals surface area contributed by atoms with Gasteiger partial charge in [-0.05, 0) is 42.3 Å². The van der Waals surface area contributed by atoms with Gasteiger partial charge in [-0.1, -0.05) is 48.0 Å². The minimum Gasteiger partial charge on any atom is -0.493 e. The highest BCUT2D eigenvalue weighted by Crippen LogP contribution is 2.43. The highest BCUT2D eigenvalue weighted by Gasteiger charge is 2.44. The van der Waals surface area contributed by atoms with Gasteiger partial charge in [-0.3, -0.25) is 0 Å². The summed E-state index contributed by atoms with van der Waals surface area (Å²) in [5, 5.41) is 22.5. The van der Waals surface area contributed by atoms with Gasteiger partial charge in [-0.25, -0.2) is 4.99 Å². The van der Waals surface area contributed by atoms with Crippen molar-refractivity contribution in [3.8, 4) is 17.6 Å². The lowest BCUT2D eigenvalue weighted by Gasteiger charge is -2.43. The van der Waals surface area contributed by atoms with Crippen LogP contribution in [-0.4, -0.2) is 36.6 Å². The van der Waals surface area contributed by atoms with Crippen molar-refractivity contribution < 1.29 is 14.6 Å². The van der Waals surface area contributed by atoms with Crippen LogP contribution in [0, 0.1) is 11.3 Å². The van der Waals surface area contributed by atoms with Crippen LogP contribution in [0.1, 0.15) is 16.7 Å². The molecule has 0 aliphatic carbocycles. The zero-order chi connectivity index (χ0) is 22.7. The average Bonchev–Trinajstić information content (AvgIpc) is 2.83. The molecule has 32 heavy (non-hydrogen) atoms. The number of rotatable bonds is 6. The molecule has 7 heteroatoms. The summed E-state index contributed by atoms with van der Waals surface area (Å²) in [6.07, 6.45) is 0.534. The standard InChI is InChI=1S/C25H22ClN3O3/c1-31-22-11-8-17(14-23(22)32-2)12-13-29-24(16-27)28-21-10-9-19(26)15-20(21)25(29,30)18-6-4-3-5-7-18/h3-11,14-15,30H,12-13H2,1-2H3. The molecule has 1 unspecified atom stereocenters. The van der Waals surface area contributed by atoms with E-state index in [-0.39, 0.29) is 5.84 Å². The first kappa shape index (κ1) is 21.7. The van der Waals surface area contributed by atoms with E-state index < -0.39 is 5.72 Å². The number of nitriles is 1. The molecular formula is C25H22ClN3O3. The van der Waals surface area contributed by atoms with Gasteiger partial charge in [0.25, 0.3) is 0 Å². The van der Waals surface area contributed by atoms with Crippen molar-refractivity contribution in [1.82, 2.24) is 4.90 Å². The van der Waals surface area contributed by atoms with Gasteiger partial charge in [0, 0.05) is 22.7 Å². The second-order valence-corrected chi connectivity index (χ2v) is 7.77. The predicted molar refractivity (Wildman–Crippen MR) is 124 cm³/mol. The molecule has 0 saturated heterocycles. The van der Waals surface area contributed by atoms with Crippen molar-refractivity contribution in [2.45, 2.75) is 12.1 Å². The van der Waals surface area contributed by atoms with E-state index in [1.165, 1.54) is 0 Å². The van der Waals surface area contributed by atoms with Gasteiger partial charge in [0.1, 0.15) is 6.07 Å². The number of ether oxygens (including phenoxy) is 2. The van der Waals surface area contributed by atoms with Crippen LogP contribution >= 0.6 is 11.6 Å². The summed E-state index contributed by atoms with van der Waals surface area (Å²) in [6.45, 7) is 0.333. The van der Waals surface area contributed by atoms with Crippen LogP contribution in [0.4, 0.5) is 5.69 Å². The Morgan fingerprint density at radius 3 is 2.47 bits per heavy atom. The van der Waals surface area contributed by atoms with Crippen LogP contribution in [0.2, 0.25) is 5.02 Å². The molecule has 162 valence electrons. The maximum Gasteiger partial charge on any atom is 0.211 e. The number of nitrogens with zero attached hydrogens (tertiary/aromatic N) is 3. The van der Waals surface area contributed by atoms with Crippen molar-refractivity contribution in [1.29, 1.82) is 5.26 Å². The maximum absolute atomic E-state index is 12.1. The number of halogens is 1. The number of aliphatic hydroxyl groups is 1. The summed E-state index contributed by atoms with van der Waals surface area (Å²) in [5.41, 5.74) is 1.03. The molecular weight excluding hydrogens is 426 g/mol. The zero-order valence-corrected chi connectivity index (χ0v) is 18.5. The SMILES string of the molecule is COc1ccc(CCN2C(C#N)=Nc3ccc(Cl)cc3C2(O)c2ccccc2)cc1OC. The molecule has 0 fully saturated rings. The summed E-state index contributed by atoms with van der Waals surface area (Å²) in [5.74, 6) is 1.39. The number of benzene rings is 3. The van der Waals surface area contributed by atoms with Gasteiger partial charge in [0.05, 0.1) is 19.9 Å². The van der Waals surface area contributed by atoms with Crippen molar-refractivity contribution in [3.63, 3.8) is 0 Å². The Bertz CT molecular complexity index is 1210. The van der Waals surface area contributed by atoms with Crippen molar-refractivity contribution in [3.05, 3.63) is 88.4 Å². The van der Waals surface area contributed by atoms with E-state index in [9.17, 15) is 10.4 Å². The number of methoxy groups -OCH3 is 2. The Labute approximate surface area is 191 Å². The Morgan fingerprint density at radius 2 is 1.78 bits per heavy atom. The van der Waals surface area contributed by atoms with Crippen LogP contribution < -0.4 is 9.47 Å². The molecule has 3 aromatic carbocycles. The lowest BCUT2D eigenvalue weighted by molar-refractivity contribution is -0.0384. The Hall–Kier alpha value is -3.53. The zero-order valence-electron chi connectivity index (χ0n) is 17.7. The molecule has 0 radical (unpaired) electrons. The molecule has 1 atom stereocenters. The van der Waals surface area contributed by atoms with E-state index in [0.717, 1.165) is 5.56 Å². The van der Waals surface area contributed by atoms with Gasteiger partial charge in [-0.15, -0.1) is 0 Å². The molecule has 0 amide bonds. The number of hydrogen-bond donors (Lipinski definition) is 1. The van der Waals surface area contributed by atoms with Gasteiger partial charge in [0.15, 0.2) is 17.2 Å². The third-order valence-corrected chi connectivity index (χ3v) is 5.79. The topological polar surface area (TPSA) is 78.1 Å². The second-order valence-electron chi connectivity index (χ2n) is 7.34. The molecule has 0 aromatic heterocycles. The molecule has 0 saturated carbocycles. The summed E-state index contributed by atoms with van der Waals surface area (Å²) in [4.78, 5) is 6.12. The second kappa shape index (κ2) is 8.91.